The highest BCUT2D eigenvalue weighted by atomic mass is 14.7. The van der Waals surface area contributed by atoms with E-state index in [1.807, 2.05) is 0 Å². The molecule has 1 heteroatoms. The quantitative estimate of drug-likeness (QED) is 0.611. The monoisotopic (exact) mass is 209 g/mol. The Hall–Kier alpha value is -0.330. The average Bonchev–Trinajstić information content (AvgIpc) is 2.23. The molecule has 3 atom stereocenters. The second-order valence-electron chi connectivity index (χ2n) is 5.17. The van der Waals surface area contributed by atoms with E-state index in [-0.39, 0.29) is 0 Å². The molecule has 3 unspecified atom stereocenters. The van der Waals surface area contributed by atoms with Crippen molar-refractivity contribution in [2.45, 2.75) is 59.3 Å². The van der Waals surface area contributed by atoms with E-state index in [2.05, 4.69) is 32.0 Å². The van der Waals surface area contributed by atoms with Crippen molar-refractivity contribution in [3.63, 3.8) is 0 Å². The number of hydrogen-bond acceptors (Lipinski definition) is 1. The van der Waals surface area contributed by atoms with Crippen molar-refractivity contribution >= 4 is 6.21 Å². The SMILES string of the molecule is CCCCCC1CCCN=CC(C)C1C. The summed E-state index contributed by atoms with van der Waals surface area (Å²) in [4.78, 5) is 4.47. The molecule has 88 valence electrons. The summed E-state index contributed by atoms with van der Waals surface area (Å²) in [5.41, 5.74) is 0. The zero-order chi connectivity index (χ0) is 11.1. The van der Waals surface area contributed by atoms with Gasteiger partial charge in [-0.15, -0.1) is 0 Å². The normalized spacial score (nSPS) is 32.3. The van der Waals surface area contributed by atoms with Gasteiger partial charge in [0.25, 0.3) is 0 Å². The molecule has 0 radical (unpaired) electrons. The van der Waals surface area contributed by atoms with Gasteiger partial charge in [-0.3, -0.25) is 4.99 Å². The van der Waals surface area contributed by atoms with Crippen LogP contribution >= 0.6 is 0 Å². The Labute approximate surface area is 95.4 Å². The first kappa shape index (κ1) is 12.7. The fraction of sp³-hybridized carbons (Fsp3) is 0.929. The lowest BCUT2D eigenvalue weighted by Crippen LogP contribution is -2.22. The third kappa shape index (κ3) is 4.36. The Kier molecular flexibility index (Phi) is 5.97. The van der Waals surface area contributed by atoms with Crippen LogP contribution in [0.5, 0.6) is 0 Å². The first-order chi connectivity index (χ1) is 7.25. The maximum Gasteiger partial charge on any atom is 0.0385 e. The third-order valence-electron chi connectivity index (χ3n) is 3.95. The van der Waals surface area contributed by atoms with Crippen LogP contribution in [0.25, 0.3) is 0 Å². The largest absolute Gasteiger partial charge is 0.297 e. The summed E-state index contributed by atoms with van der Waals surface area (Å²) in [5, 5.41) is 0. The van der Waals surface area contributed by atoms with E-state index in [9.17, 15) is 0 Å². The molecular weight excluding hydrogens is 182 g/mol. The van der Waals surface area contributed by atoms with Crippen LogP contribution in [0, 0.1) is 17.8 Å². The molecule has 0 saturated carbocycles. The molecule has 0 saturated heterocycles. The summed E-state index contributed by atoms with van der Waals surface area (Å²) in [6, 6.07) is 0. The number of unbranched alkanes of at least 4 members (excludes halogenated alkanes) is 2. The summed E-state index contributed by atoms with van der Waals surface area (Å²) in [7, 11) is 0. The molecule has 0 amide bonds. The molecule has 1 rings (SSSR count). The Balaban J connectivity index is 2.41. The van der Waals surface area contributed by atoms with Gasteiger partial charge >= 0.3 is 0 Å². The third-order valence-corrected chi connectivity index (χ3v) is 3.95. The molecule has 0 aromatic heterocycles. The second-order valence-corrected chi connectivity index (χ2v) is 5.17. The molecule has 0 spiro atoms. The molecule has 1 nitrogen and oxygen atoms in total. The number of nitrogens with zero attached hydrogens (tertiary/aromatic N) is 1. The summed E-state index contributed by atoms with van der Waals surface area (Å²) >= 11 is 0. The van der Waals surface area contributed by atoms with Gasteiger partial charge in [0, 0.05) is 12.8 Å². The first-order valence-electron chi connectivity index (χ1n) is 6.75. The molecular formula is C14H27N. The molecule has 0 fully saturated rings. The topological polar surface area (TPSA) is 12.4 Å². The lowest BCUT2D eigenvalue weighted by molar-refractivity contribution is 0.263. The number of aliphatic imine (C=N–C) groups is 1. The summed E-state index contributed by atoms with van der Waals surface area (Å²) in [5.74, 6) is 2.45. The van der Waals surface area contributed by atoms with Gasteiger partial charge in [-0.1, -0.05) is 46.5 Å². The molecule has 0 N–H and O–H groups in total. The van der Waals surface area contributed by atoms with Gasteiger partial charge in [-0.05, 0) is 30.6 Å². The smallest absolute Gasteiger partial charge is 0.0385 e. The minimum Gasteiger partial charge on any atom is -0.297 e. The molecule has 0 bridgehead atoms. The minimum atomic E-state index is 0.678. The van der Waals surface area contributed by atoms with Gasteiger partial charge in [0.2, 0.25) is 0 Å². The van der Waals surface area contributed by atoms with Gasteiger partial charge in [0.15, 0.2) is 0 Å². The number of rotatable bonds is 4. The lowest BCUT2D eigenvalue weighted by atomic mass is 9.78. The van der Waals surface area contributed by atoms with E-state index >= 15 is 0 Å². The summed E-state index contributed by atoms with van der Waals surface area (Å²) < 4.78 is 0. The fourth-order valence-electron chi connectivity index (χ4n) is 2.58. The molecule has 0 aliphatic carbocycles. The molecule has 0 aromatic carbocycles. The maximum atomic E-state index is 4.47. The maximum absolute atomic E-state index is 4.47. The number of hydrogen-bond donors (Lipinski definition) is 0. The van der Waals surface area contributed by atoms with Gasteiger partial charge in [0.1, 0.15) is 0 Å². The molecule has 1 aliphatic heterocycles. The van der Waals surface area contributed by atoms with Crippen molar-refractivity contribution in [3.05, 3.63) is 0 Å². The van der Waals surface area contributed by atoms with Crippen molar-refractivity contribution < 1.29 is 0 Å². The standard InChI is InChI=1S/C14H27N/c1-4-5-6-8-14-9-7-10-15-11-12(2)13(14)3/h11-14H,4-10H2,1-3H3. The highest BCUT2D eigenvalue weighted by molar-refractivity contribution is 5.60. The van der Waals surface area contributed by atoms with Crippen molar-refractivity contribution in [1.82, 2.24) is 0 Å². The zero-order valence-corrected chi connectivity index (χ0v) is 10.7. The van der Waals surface area contributed by atoms with E-state index in [4.69, 9.17) is 0 Å². The van der Waals surface area contributed by atoms with E-state index in [1.54, 1.807) is 0 Å². The van der Waals surface area contributed by atoms with Crippen molar-refractivity contribution in [3.8, 4) is 0 Å². The van der Waals surface area contributed by atoms with E-state index in [1.165, 1.54) is 38.5 Å². The van der Waals surface area contributed by atoms with Gasteiger partial charge in [-0.2, -0.15) is 0 Å². The Morgan fingerprint density at radius 2 is 2.07 bits per heavy atom. The van der Waals surface area contributed by atoms with Crippen LogP contribution in [0.2, 0.25) is 0 Å². The first-order valence-corrected chi connectivity index (χ1v) is 6.75. The molecule has 0 aromatic rings. The van der Waals surface area contributed by atoms with E-state index in [0.717, 1.165) is 18.4 Å². The Morgan fingerprint density at radius 1 is 1.27 bits per heavy atom. The van der Waals surface area contributed by atoms with Crippen LogP contribution in [0.3, 0.4) is 0 Å². The Bertz CT molecular complexity index is 186. The molecule has 1 heterocycles. The minimum absolute atomic E-state index is 0.678. The fourth-order valence-corrected chi connectivity index (χ4v) is 2.58. The Morgan fingerprint density at radius 3 is 2.80 bits per heavy atom. The highest BCUT2D eigenvalue weighted by Crippen LogP contribution is 2.30. The van der Waals surface area contributed by atoms with Crippen LogP contribution < -0.4 is 0 Å². The van der Waals surface area contributed by atoms with Crippen LogP contribution in [-0.2, 0) is 0 Å². The molecule has 1 aliphatic rings. The lowest BCUT2D eigenvalue weighted by Gasteiger charge is -2.28. The highest BCUT2D eigenvalue weighted by Gasteiger charge is 2.22. The van der Waals surface area contributed by atoms with Gasteiger partial charge in [-0.25, -0.2) is 0 Å². The summed E-state index contributed by atoms with van der Waals surface area (Å²) in [6.07, 6.45) is 10.5. The van der Waals surface area contributed by atoms with Crippen molar-refractivity contribution in [1.29, 1.82) is 0 Å². The average molecular weight is 209 g/mol. The van der Waals surface area contributed by atoms with Gasteiger partial charge in [0.05, 0.1) is 0 Å². The van der Waals surface area contributed by atoms with Crippen molar-refractivity contribution in [2.75, 3.05) is 6.54 Å². The molecule has 15 heavy (non-hydrogen) atoms. The van der Waals surface area contributed by atoms with Crippen molar-refractivity contribution in [2.24, 2.45) is 22.7 Å². The van der Waals surface area contributed by atoms with Crippen LogP contribution in [-0.4, -0.2) is 12.8 Å². The zero-order valence-electron chi connectivity index (χ0n) is 10.7. The second kappa shape index (κ2) is 7.03. The summed E-state index contributed by atoms with van der Waals surface area (Å²) in [6.45, 7) is 8.09. The van der Waals surface area contributed by atoms with E-state index in [0.29, 0.717) is 5.92 Å². The predicted molar refractivity (Wildman–Crippen MR) is 68.6 cm³/mol. The van der Waals surface area contributed by atoms with Crippen LogP contribution in [0.15, 0.2) is 4.99 Å². The predicted octanol–water partition coefficient (Wildman–Crippen LogP) is 4.32. The van der Waals surface area contributed by atoms with Crippen LogP contribution in [0.4, 0.5) is 0 Å². The van der Waals surface area contributed by atoms with Crippen LogP contribution in [0.1, 0.15) is 59.3 Å². The van der Waals surface area contributed by atoms with Gasteiger partial charge < -0.3 is 0 Å². The van der Waals surface area contributed by atoms with E-state index < -0.39 is 0 Å².